The smallest absolute Gasteiger partial charge is 0.258 e. The fraction of sp³-hybridized carbons (Fsp3) is 0.450. The Kier molecular flexibility index (Phi) is 6.82. The van der Waals surface area contributed by atoms with E-state index in [-0.39, 0.29) is 17.6 Å². The van der Waals surface area contributed by atoms with E-state index < -0.39 is 0 Å². The van der Waals surface area contributed by atoms with Gasteiger partial charge in [-0.25, -0.2) is 9.37 Å². The molecule has 8 nitrogen and oxygen atoms in total. The van der Waals surface area contributed by atoms with Crippen molar-refractivity contribution in [2.75, 3.05) is 70.3 Å². The fourth-order valence-corrected chi connectivity index (χ4v) is 3.13. The highest BCUT2D eigenvalue weighted by Crippen LogP contribution is 2.22. The molecule has 156 valence electrons. The minimum Gasteiger partial charge on any atom is -0.480 e. The minimum atomic E-state index is -0.253. The molecule has 0 aliphatic carbocycles. The fourth-order valence-electron chi connectivity index (χ4n) is 3.13. The summed E-state index contributed by atoms with van der Waals surface area (Å²) in [5.41, 5.74) is 1.31. The van der Waals surface area contributed by atoms with Gasteiger partial charge in [-0.1, -0.05) is 0 Å². The van der Waals surface area contributed by atoms with Gasteiger partial charge < -0.3 is 24.8 Å². The first kappa shape index (κ1) is 20.8. The van der Waals surface area contributed by atoms with Gasteiger partial charge in [-0.05, 0) is 38.4 Å². The zero-order valence-electron chi connectivity index (χ0n) is 17.1. The van der Waals surface area contributed by atoms with E-state index in [0.29, 0.717) is 18.1 Å². The van der Waals surface area contributed by atoms with Gasteiger partial charge in [0.15, 0.2) is 0 Å². The topological polar surface area (TPSA) is 73.8 Å². The molecule has 0 atom stereocenters. The molecule has 1 aliphatic rings. The number of anilines is 2. The Labute approximate surface area is 170 Å². The summed E-state index contributed by atoms with van der Waals surface area (Å²) in [6.07, 6.45) is 1.51. The highest BCUT2D eigenvalue weighted by molar-refractivity contribution is 5.96. The summed E-state index contributed by atoms with van der Waals surface area (Å²) in [5, 5.41) is 2.84. The molecule has 1 aromatic heterocycles. The van der Waals surface area contributed by atoms with Crippen LogP contribution in [0.3, 0.4) is 0 Å². The van der Waals surface area contributed by atoms with Crippen molar-refractivity contribution in [3.05, 3.63) is 41.8 Å². The Bertz CT molecular complexity index is 822. The summed E-state index contributed by atoms with van der Waals surface area (Å²) in [6.45, 7) is 4.24. The molecule has 9 heteroatoms. The Morgan fingerprint density at radius 2 is 1.83 bits per heavy atom. The molecule has 2 aromatic rings. The first-order chi connectivity index (χ1) is 14.0. The van der Waals surface area contributed by atoms with Gasteiger partial charge >= 0.3 is 0 Å². The van der Waals surface area contributed by atoms with Crippen molar-refractivity contribution in [1.29, 1.82) is 0 Å². The minimum absolute atomic E-state index is 0.237. The zero-order valence-corrected chi connectivity index (χ0v) is 17.1. The lowest BCUT2D eigenvalue weighted by molar-refractivity contribution is 0.0947. The van der Waals surface area contributed by atoms with Crippen LogP contribution in [-0.2, 0) is 0 Å². The molecule has 2 heterocycles. The molecule has 0 bridgehead atoms. The van der Waals surface area contributed by atoms with Crippen molar-refractivity contribution in [3.8, 4) is 5.88 Å². The number of amides is 1. The molecule has 1 fully saturated rings. The average molecular weight is 402 g/mol. The van der Waals surface area contributed by atoms with E-state index in [1.54, 1.807) is 12.1 Å². The van der Waals surface area contributed by atoms with E-state index in [0.717, 1.165) is 38.4 Å². The number of aromatic nitrogens is 2. The number of benzene rings is 1. The molecule has 0 saturated carbocycles. The molecule has 0 spiro atoms. The Balaban J connectivity index is 1.63. The third-order valence-corrected chi connectivity index (χ3v) is 4.78. The number of halogens is 1. The molecular weight excluding hydrogens is 375 g/mol. The second kappa shape index (κ2) is 9.51. The maximum absolute atomic E-state index is 13.1. The summed E-state index contributed by atoms with van der Waals surface area (Å²) in [5.74, 6) is 0.305. The number of methoxy groups -OCH3 is 1. The lowest BCUT2D eigenvalue weighted by atomic mass is 10.2. The second-order valence-electron chi connectivity index (χ2n) is 7.10. The van der Waals surface area contributed by atoms with E-state index in [4.69, 9.17) is 4.74 Å². The highest BCUT2D eigenvalue weighted by atomic mass is 19.1. The number of nitrogens with one attached hydrogen (secondary N) is 1. The highest BCUT2D eigenvalue weighted by Gasteiger charge is 2.22. The lowest BCUT2D eigenvalue weighted by Gasteiger charge is -2.36. The quantitative estimate of drug-likeness (QED) is 0.747. The molecule has 3 rings (SSSR count). The van der Waals surface area contributed by atoms with Gasteiger partial charge in [0.05, 0.1) is 7.11 Å². The van der Waals surface area contributed by atoms with Crippen molar-refractivity contribution >= 4 is 17.5 Å². The van der Waals surface area contributed by atoms with Gasteiger partial charge in [-0.2, -0.15) is 4.98 Å². The van der Waals surface area contributed by atoms with Gasteiger partial charge in [0.1, 0.15) is 11.4 Å². The van der Waals surface area contributed by atoms with Gasteiger partial charge in [0, 0.05) is 51.2 Å². The van der Waals surface area contributed by atoms with Crippen molar-refractivity contribution < 1.29 is 13.9 Å². The Hall–Kier alpha value is -2.94. The average Bonchev–Trinajstić information content (AvgIpc) is 2.73. The van der Waals surface area contributed by atoms with Crippen LogP contribution in [0.4, 0.5) is 16.0 Å². The lowest BCUT2D eigenvalue weighted by Crippen LogP contribution is -2.47. The first-order valence-electron chi connectivity index (χ1n) is 9.57. The van der Waals surface area contributed by atoms with Gasteiger partial charge in [0.2, 0.25) is 11.8 Å². The number of hydrogen-bond donors (Lipinski definition) is 1. The molecule has 1 aromatic carbocycles. The van der Waals surface area contributed by atoms with Crippen LogP contribution in [0.5, 0.6) is 5.88 Å². The summed E-state index contributed by atoms with van der Waals surface area (Å²) in [6, 6.07) is 6.51. The van der Waals surface area contributed by atoms with E-state index in [2.05, 4.69) is 25.1 Å². The molecule has 0 radical (unpaired) electrons. The predicted molar refractivity (Wildman–Crippen MR) is 110 cm³/mol. The van der Waals surface area contributed by atoms with Gasteiger partial charge in [-0.15, -0.1) is 0 Å². The zero-order chi connectivity index (χ0) is 20.8. The monoisotopic (exact) mass is 402 g/mol. The van der Waals surface area contributed by atoms with Crippen LogP contribution in [0.25, 0.3) is 0 Å². The van der Waals surface area contributed by atoms with Gasteiger partial charge in [0.25, 0.3) is 5.91 Å². The number of hydrogen-bond acceptors (Lipinski definition) is 7. The van der Waals surface area contributed by atoms with Crippen molar-refractivity contribution in [1.82, 2.24) is 20.2 Å². The molecule has 1 aliphatic heterocycles. The summed E-state index contributed by atoms with van der Waals surface area (Å²) < 4.78 is 18.4. The number of ether oxygens (including phenoxy) is 1. The van der Waals surface area contributed by atoms with Crippen LogP contribution < -0.4 is 19.9 Å². The third-order valence-electron chi connectivity index (χ3n) is 4.78. The third kappa shape index (κ3) is 5.32. The molecule has 1 saturated heterocycles. The predicted octanol–water partition coefficient (Wildman–Crippen LogP) is 1.24. The first-order valence-corrected chi connectivity index (χ1v) is 9.57. The summed E-state index contributed by atoms with van der Waals surface area (Å²) in [4.78, 5) is 27.4. The molecule has 29 heavy (non-hydrogen) atoms. The molecule has 1 amide bonds. The van der Waals surface area contributed by atoms with Crippen LogP contribution in [0.15, 0.2) is 30.5 Å². The van der Waals surface area contributed by atoms with Crippen LogP contribution in [-0.4, -0.2) is 81.2 Å². The number of likely N-dealkylation sites (N-methyl/N-ethyl adjacent to an activating group) is 1. The number of piperazine rings is 1. The van der Waals surface area contributed by atoms with Crippen LogP contribution >= 0.6 is 0 Å². The number of rotatable bonds is 7. The Morgan fingerprint density at radius 3 is 2.45 bits per heavy atom. The largest absolute Gasteiger partial charge is 0.480 e. The van der Waals surface area contributed by atoms with E-state index >= 15 is 0 Å². The summed E-state index contributed by atoms with van der Waals surface area (Å²) >= 11 is 0. The SMILES string of the molecule is COc1nc(N2CCN(c3ccc(F)cc3)CC2)ncc1C(=O)NCCN(C)C. The number of nitrogens with zero attached hydrogens (tertiary/aromatic N) is 5. The maximum atomic E-state index is 13.1. The van der Waals surface area contributed by atoms with Crippen molar-refractivity contribution in [2.45, 2.75) is 0 Å². The summed E-state index contributed by atoms with van der Waals surface area (Å²) in [7, 11) is 5.39. The van der Waals surface area contributed by atoms with Crippen molar-refractivity contribution in [2.24, 2.45) is 0 Å². The second-order valence-corrected chi connectivity index (χ2v) is 7.10. The molecular formula is C20H27FN6O2. The van der Waals surface area contributed by atoms with Crippen LogP contribution in [0.1, 0.15) is 10.4 Å². The normalized spacial score (nSPS) is 14.2. The maximum Gasteiger partial charge on any atom is 0.258 e. The molecule has 1 N–H and O–H groups in total. The number of carbonyl (C=O) groups excluding carboxylic acids is 1. The van der Waals surface area contributed by atoms with E-state index in [1.807, 2.05) is 19.0 Å². The molecule has 0 unspecified atom stereocenters. The Morgan fingerprint density at radius 1 is 1.17 bits per heavy atom. The van der Waals surface area contributed by atoms with Crippen LogP contribution in [0.2, 0.25) is 0 Å². The van der Waals surface area contributed by atoms with Crippen molar-refractivity contribution in [3.63, 3.8) is 0 Å². The standard InChI is InChI=1S/C20H27FN6O2/c1-25(2)9-8-22-18(28)17-14-23-20(24-19(17)29-3)27-12-10-26(11-13-27)16-6-4-15(21)5-7-16/h4-7,14H,8-13H2,1-3H3,(H,22,28). The number of carbonyl (C=O) groups is 1. The van der Waals surface area contributed by atoms with E-state index in [1.165, 1.54) is 25.4 Å². The van der Waals surface area contributed by atoms with E-state index in [9.17, 15) is 9.18 Å². The van der Waals surface area contributed by atoms with Gasteiger partial charge in [-0.3, -0.25) is 4.79 Å². The van der Waals surface area contributed by atoms with Crippen LogP contribution in [0, 0.1) is 5.82 Å².